The van der Waals surface area contributed by atoms with Crippen LogP contribution in [0, 0.1) is 11.6 Å². The zero-order valence-electron chi connectivity index (χ0n) is 24.3. The molecule has 2 aromatic heterocycles. The van der Waals surface area contributed by atoms with Crippen molar-refractivity contribution >= 4 is 38.8 Å². The van der Waals surface area contributed by atoms with Crippen molar-refractivity contribution in [3.63, 3.8) is 0 Å². The summed E-state index contributed by atoms with van der Waals surface area (Å²) in [6.45, 7) is 0.112. The number of amides is 1. The first-order valence-electron chi connectivity index (χ1n) is 13.9. The molecule has 250 valence electrons. The number of likely N-dealkylation sites (tertiary alicyclic amines) is 1. The van der Waals surface area contributed by atoms with E-state index in [4.69, 9.17) is 0 Å². The number of carbonyl (C=O) groups is 1. The Morgan fingerprint density at radius 1 is 1.09 bits per heavy atom. The van der Waals surface area contributed by atoms with E-state index in [0.717, 1.165) is 29.3 Å². The van der Waals surface area contributed by atoms with E-state index in [-0.39, 0.29) is 35.4 Å². The van der Waals surface area contributed by atoms with Crippen LogP contribution in [0.2, 0.25) is 0 Å². The van der Waals surface area contributed by atoms with Crippen molar-refractivity contribution in [2.24, 2.45) is 0 Å². The molecule has 0 bridgehead atoms. The van der Waals surface area contributed by atoms with Gasteiger partial charge < -0.3 is 15.3 Å². The second-order valence-electron chi connectivity index (χ2n) is 10.9. The van der Waals surface area contributed by atoms with Crippen LogP contribution >= 0.6 is 0 Å². The van der Waals surface area contributed by atoms with Crippen LogP contribution in [0.15, 0.2) is 59.5 Å². The summed E-state index contributed by atoms with van der Waals surface area (Å²) in [6.07, 6.45) is -7.06. The maximum absolute atomic E-state index is 15.4. The molecule has 1 amide bonds. The highest BCUT2D eigenvalue weighted by Crippen LogP contribution is 2.34. The zero-order valence-corrected chi connectivity index (χ0v) is 25.1. The molecule has 18 heteroatoms. The number of carboxylic acid groups (broad SMARTS) is 1. The summed E-state index contributed by atoms with van der Waals surface area (Å²) in [7, 11) is -4.22. The molecular formula is C29H26F6N6O5S. The van der Waals surface area contributed by atoms with Crippen molar-refractivity contribution in [3.8, 4) is 11.1 Å². The molecule has 1 saturated heterocycles. The molecule has 0 saturated carbocycles. The molecule has 1 aliphatic heterocycles. The summed E-state index contributed by atoms with van der Waals surface area (Å²) in [5.41, 5.74) is -3.82. The van der Waals surface area contributed by atoms with Crippen molar-refractivity contribution in [1.29, 1.82) is 0 Å². The van der Waals surface area contributed by atoms with Crippen LogP contribution < -0.4 is 15.6 Å². The van der Waals surface area contributed by atoms with Crippen molar-refractivity contribution in [3.05, 3.63) is 82.3 Å². The molecule has 1 fully saturated rings. The first kappa shape index (κ1) is 33.5. The Bertz CT molecular complexity index is 1990. The van der Waals surface area contributed by atoms with Crippen LogP contribution in [0.5, 0.6) is 0 Å². The lowest BCUT2D eigenvalue weighted by Gasteiger charge is -2.33. The van der Waals surface area contributed by atoms with Gasteiger partial charge in [0.05, 0.1) is 23.5 Å². The van der Waals surface area contributed by atoms with Crippen molar-refractivity contribution in [2.75, 3.05) is 23.1 Å². The number of sulfonamides is 1. The number of pyridine rings is 1. The largest absolute Gasteiger partial charge is 0.465 e. The fraction of sp³-hybridized carbons (Fsp3) is 0.310. The Balaban J connectivity index is 1.54. The molecule has 0 radical (unpaired) electrons. The Morgan fingerprint density at radius 2 is 1.79 bits per heavy atom. The molecule has 3 atom stereocenters. The molecule has 4 aromatic rings. The maximum Gasteiger partial charge on any atom is 0.409 e. The van der Waals surface area contributed by atoms with Crippen molar-refractivity contribution in [1.82, 2.24) is 19.4 Å². The van der Waals surface area contributed by atoms with Gasteiger partial charge in [-0.15, -0.1) is 0 Å². The van der Waals surface area contributed by atoms with Gasteiger partial charge in [0.15, 0.2) is 11.6 Å². The molecule has 0 aliphatic carbocycles. The number of rotatable bonds is 8. The summed E-state index contributed by atoms with van der Waals surface area (Å²) in [6, 6.07) is 7.13. The standard InChI is InChI=1S/C29H26F6N6O5S/c1-15(29(33,34)35)41-25-17(11-36-27(38-25)37-19-10-18(30)12-40(13-19)28(43)44)9-21(26(41)42)20-7-8-22(24(32)23(20)31)39-47(45,46)14-16-5-3-2-4-6-16/h2-9,11,15,18-19,39H,10,12-14H2,1H3,(H,43,44)(H,36,37,38)/t15?,18-,19-/m0/s1. The lowest BCUT2D eigenvalue weighted by atomic mass is 10.0. The van der Waals surface area contributed by atoms with Gasteiger partial charge in [-0.3, -0.25) is 14.1 Å². The van der Waals surface area contributed by atoms with Crippen LogP contribution in [-0.4, -0.2) is 70.5 Å². The number of anilines is 2. The topological polar surface area (TPSA) is 147 Å². The highest BCUT2D eigenvalue weighted by molar-refractivity contribution is 7.91. The van der Waals surface area contributed by atoms with Gasteiger partial charge >= 0.3 is 12.3 Å². The van der Waals surface area contributed by atoms with Crippen molar-refractivity contribution < 1.29 is 44.7 Å². The predicted octanol–water partition coefficient (Wildman–Crippen LogP) is 5.30. The highest BCUT2D eigenvalue weighted by atomic mass is 32.2. The maximum atomic E-state index is 15.4. The second-order valence-corrected chi connectivity index (χ2v) is 12.6. The number of nitrogens with zero attached hydrogens (tertiary/aromatic N) is 4. The number of fused-ring (bicyclic) bond motifs is 1. The SMILES string of the molecule is CC(n1c(=O)c(-c2ccc(NS(=O)(=O)Cc3ccccc3)c(F)c2F)cc2cnc(N[C@H]3C[C@H](F)CN(C(=O)O)C3)nc21)C(F)(F)F. The number of alkyl halides is 4. The summed E-state index contributed by atoms with van der Waals surface area (Å²) in [5, 5.41) is 11.7. The smallest absolute Gasteiger partial charge is 0.409 e. The van der Waals surface area contributed by atoms with E-state index in [9.17, 15) is 40.7 Å². The Kier molecular flexibility index (Phi) is 9.07. The third-order valence-corrected chi connectivity index (χ3v) is 8.72. The Morgan fingerprint density at radius 3 is 2.45 bits per heavy atom. The number of benzene rings is 2. The first-order chi connectivity index (χ1) is 22.0. The molecule has 5 rings (SSSR count). The molecule has 0 spiro atoms. The van der Waals surface area contributed by atoms with Crippen LogP contribution in [0.25, 0.3) is 22.2 Å². The number of nitrogens with one attached hydrogen (secondary N) is 2. The van der Waals surface area contributed by atoms with Gasteiger partial charge in [-0.2, -0.15) is 18.2 Å². The van der Waals surface area contributed by atoms with Crippen molar-refractivity contribution in [2.45, 2.75) is 43.5 Å². The monoisotopic (exact) mass is 684 g/mol. The number of aromatic nitrogens is 3. The summed E-state index contributed by atoms with van der Waals surface area (Å²) in [4.78, 5) is 33.8. The average Bonchev–Trinajstić information content (AvgIpc) is 2.99. The quantitative estimate of drug-likeness (QED) is 0.212. The third-order valence-electron chi connectivity index (χ3n) is 7.47. The van der Waals surface area contributed by atoms with Gasteiger partial charge in [0.25, 0.3) is 5.56 Å². The first-order valence-corrected chi connectivity index (χ1v) is 15.6. The number of halogens is 6. The average molecular weight is 685 g/mol. The van der Waals surface area contributed by atoms with Gasteiger partial charge in [-0.25, -0.2) is 31.4 Å². The predicted molar refractivity (Wildman–Crippen MR) is 159 cm³/mol. The molecule has 1 unspecified atom stereocenters. The fourth-order valence-corrected chi connectivity index (χ4v) is 6.40. The molecule has 2 aromatic carbocycles. The fourth-order valence-electron chi connectivity index (χ4n) is 5.20. The van der Waals surface area contributed by atoms with Gasteiger partial charge in [0.1, 0.15) is 17.9 Å². The van der Waals surface area contributed by atoms with Gasteiger partial charge in [-0.05, 0) is 30.7 Å². The van der Waals surface area contributed by atoms with Crippen LogP contribution in [0.4, 0.5) is 42.8 Å². The summed E-state index contributed by atoms with van der Waals surface area (Å²) < 4.78 is 114. The van der Waals surface area contributed by atoms with Crippen LogP contribution in [-0.2, 0) is 15.8 Å². The second kappa shape index (κ2) is 12.7. The number of piperidine rings is 1. The van der Waals surface area contributed by atoms with E-state index < -0.39 is 86.0 Å². The van der Waals surface area contributed by atoms with Crippen LogP contribution in [0.3, 0.4) is 0 Å². The minimum atomic E-state index is -5.01. The van der Waals surface area contributed by atoms with E-state index in [0.29, 0.717) is 12.5 Å². The van der Waals surface area contributed by atoms with Gasteiger partial charge in [0, 0.05) is 36.2 Å². The molecule has 11 nitrogen and oxygen atoms in total. The van der Waals surface area contributed by atoms with Gasteiger partial charge in [-0.1, -0.05) is 30.3 Å². The summed E-state index contributed by atoms with van der Waals surface area (Å²) in [5.74, 6) is -4.29. The minimum Gasteiger partial charge on any atom is -0.465 e. The van der Waals surface area contributed by atoms with E-state index >= 15 is 8.78 Å². The molecular weight excluding hydrogens is 658 g/mol. The molecule has 3 heterocycles. The Labute approximate surface area is 262 Å². The third kappa shape index (κ3) is 7.26. The molecule has 47 heavy (non-hydrogen) atoms. The molecule has 1 aliphatic rings. The molecule has 3 N–H and O–H groups in total. The highest BCUT2D eigenvalue weighted by Gasteiger charge is 2.40. The van der Waals surface area contributed by atoms with E-state index in [2.05, 4.69) is 15.3 Å². The van der Waals surface area contributed by atoms with Crippen LogP contribution in [0.1, 0.15) is 24.9 Å². The minimum absolute atomic E-state index is 0.154. The van der Waals surface area contributed by atoms with E-state index in [1.807, 2.05) is 4.72 Å². The normalized spacial score (nSPS) is 17.8. The lowest BCUT2D eigenvalue weighted by molar-refractivity contribution is -0.162. The Hall–Kier alpha value is -4.87. The number of hydrogen-bond acceptors (Lipinski definition) is 7. The number of hydrogen-bond donors (Lipinski definition) is 3. The summed E-state index contributed by atoms with van der Waals surface area (Å²) >= 11 is 0. The van der Waals surface area contributed by atoms with E-state index in [1.165, 1.54) is 12.1 Å². The zero-order chi connectivity index (χ0) is 34.3. The lowest BCUT2D eigenvalue weighted by Crippen LogP contribution is -2.49. The van der Waals surface area contributed by atoms with E-state index in [1.54, 1.807) is 18.2 Å². The van der Waals surface area contributed by atoms with Gasteiger partial charge in [0.2, 0.25) is 16.0 Å².